The van der Waals surface area contributed by atoms with Gasteiger partial charge in [0, 0.05) is 17.2 Å². The molecule has 0 saturated carbocycles. The van der Waals surface area contributed by atoms with Crippen molar-refractivity contribution in [3.05, 3.63) is 52.8 Å². The summed E-state index contributed by atoms with van der Waals surface area (Å²) in [6.45, 7) is 1.45. The Morgan fingerprint density at radius 1 is 1.05 bits per heavy atom. The van der Waals surface area contributed by atoms with Gasteiger partial charge in [-0.05, 0) is 39.7 Å². The third-order valence-electron chi connectivity index (χ3n) is 2.43. The Labute approximate surface area is 120 Å². The predicted octanol–water partition coefficient (Wildman–Crippen LogP) is 2.76. The van der Waals surface area contributed by atoms with Gasteiger partial charge in [-0.25, -0.2) is 0 Å². The molecule has 0 spiro atoms. The highest BCUT2D eigenvalue weighted by atomic mass is 79.9. The van der Waals surface area contributed by atoms with Gasteiger partial charge in [-0.15, -0.1) is 0 Å². The molecule has 2 aromatic rings. The summed E-state index contributed by atoms with van der Waals surface area (Å²) in [5.41, 5.74) is 6.62. The van der Waals surface area contributed by atoms with E-state index in [1.165, 1.54) is 0 Å². The van der Waals surface area contributed by atoms with Gasteiger partial charge in [-0.3, -0.25) is 4.98 Å². The van der Waals surface area contributed by atoms with Gasteiger partial charge in [0.25, 0.3) is 0 Å². The minimum Gasteiger partial charge on any atom is -0.490 e. The molecule has 100 valence electrons. The fourth-order valence-corrected chi connectivity index (χ4v) is 1.90. The van der Waals surface area contributed by atoms with Crippen molar-refractivity contribution in [2.24, 2.45) is 5.73 Å². The van der Waals surface area contributed by atoms with Crippen molar-refractivity contribution in [3.8, 4) is 11.5 Å². The van der Waals surface area contributed by atoms with E-state index in [9.17, 15) is 0 Å². The van der Waals surface area contributed by atoms with Crippen molar-refractivity contribution >= 4 is 15.9 Å². The molecule has 0 radical (unpaired) electrons. The minimum atomic E-state index is 0.463. The lowest BCUT2D eigenvalue weighted by Gasteiger charge is -2.09. The Hall–Kier alpha value is -1.59. The zero-order valence-electron chi connectivity index (χ0n) is 10.4. The second-order valence-corrected chi connectivity index (χ2v) is 4.80. The summed E-state index contributed by atoms with van der Waals surface area (Å²) in [5.74, 6) is 1.52. The Bertz CT molecular complexity index is 534. The number of aromatic nitrogens is 1. The predicted molar refractivity (Wildman–Crippen MR) is 77.3 cm³/mol. The number of hydrogen-bond acceptors (Lipinski definition) is 4. The van der Waals surface area contributed by atoms with Crippen LogP contribution in [0.1, 0.15) is 5.56 Å². The molecule has 2 N–H and O–H groups in total. The first-order chi connectivity index (χ1) is 9.28. The summed E-state index contributed by atoms with van der Waals surface area (Å²) in [4.78, 5) is 4.02. The van der Waals surface area contributed by atoms with Crippen LogP contribution in [0.5, 0.6) is 11.5 Å². The maximum atomic E-state index is 5.59. The molecule has 0 aliphatic heterocycles. The minimum absolute atomic E-state index is 0.463. The average molecular weight is 323 g/mol. The molecule has 0 amide bonds. The van der Waals surface area contributed by atoms with Gasteiger partial charge in [0.1, 0.15) is 24.7 Å². The normalized spacial score (nSPS) is 10.2. The first kappa shape index (κ1) is 13.8. The van der Waals surface area contributed by atoms with Crippen molar-refractivity contribution < 1.29 is 9.47 Å². The molecule has 0 atom stereocenters. The molecule has 1 aromatic carbocycles. The number of halogens is 1. The molecule has 0 aliphatic carbocycles. The van der Waals surface area contributed by atoms with E-state index in [-0.39, 0.29) is 0 Å². The van der Waals surface area contributed by atoms with Crippen molar-refractivity contribution in [2.75, 3.05) is 13.2 Å². The third kappa shape index (κ3) is 4.54. The van der Waals surface area contributed by atoms with E-state index in [4.69, 9.17) is 15.2 Å². The number of hydrogen-bond donors (Lipinski definition) is 1. The highest BCUT2D eigenvalue weighted by molar-refractivity contribution is 9.10. The molecule has 1 heterocycles. The van der Waals surface area contributed by atoms with Gasteiger partial charge in [-0.2, -0.15) is 0 Å². The monoisotopic (exact) mass is 322 g/mol. The van der Waals surface area contributed by atoms with E-state index >= 15 is 0 Å². The van der Waals surface area contributed by atoms with Crippen molar-refractivity contribution in [1.29, 1.82) is 0 Å². The molecular formula is C14H15BrN2O2. The molecular weight excluding hydrogens is 308 g/mol. The Morgan fingerprint density at radius 2 is 1.84 bits per heavy atom. The highest BCUT2D eigenvalue weighted by Gasteiger charge is 1.98. The zero-order chi connectivity index (χ0) is 13.5. The standard InChI is InChI=1S/C14H15BrN2O2/c15-12-7-14(10-17-9-12)19-5-4-18-13-3-1-2-11(6-13)8-16/h1-3,6-7,9-10H,4-5,8,16H2. The van der Waals surface area contributed by atoms with E-state index in [0.29, 0.717) is 25.5 Å². The number of ether oxygens (including phenoxy) is 2. The summed E-state index contributed by atoms with van der Waals surface area (Å²) in [5, 5.41) is 0. The van der Waals surface area contributed by atoms with Gasteiger partial charge in [-0.1, -0.05) is 12.1 Å². The average Bonchev–Trinajstić information content (AvgIpc) is 2.44. The fraction of sp³-hybridized carbons (Fsp3) is 0.214. The lowest BCUT2D eigenvalue weighted by Crippen LogP contribution is -2.09. The van der Waals surface area contributed by atoms with Crippen LogP contribution >= 0.6 is 15.9 Å². The first-order valence-electron chi connectivity index (χ1n) is 5.93. The van der Waals surface area contributed by atoms with Gasteiger partial charge < -0.3 is 15.2 Å². The van der Waals surface area contributed by atoms with Crippen LogP contribution in [-0.4, -0.2) is 18.2 Å². The molecule has 5 heteroatoms. The summed E-state index contributed by atoms with van der Waals surface area (Å²) in [6, 6.07) is 9.59. The van der Waals surface area contributed by atoms with Gasteiger partial charge in [0.05, 0.1) is 6.20 Å². The molecule has 0 saturated heterocycles. The molecule has 0 bridgehead atoms. The van der Waals surface area contributed by atoms with E-state index in [2.05, 4.69) is 20.9 Å². The SMILES string of the molecule is NCc1cccc(OCCOc2cncc(Br)c2)c1. The molecule has 4 nitrogen and oxygen atoms in total. The van der Waals surface area contributed by atoms with E-state index < -0.39 is 0 Å². The lowest BCUT2D eigenvalue weighted by molar-refractivity contribution is 0.216. The van der Waals surface area contributed by atoms with Crippen LogP contribution in [0.15, 0.2) is 47.2 Å². The number of rotatable bonds is 6. The number of nitrogens with zero attached hydrogens (tertiary/aromatic N) is 1. The van der Waals surface area contributed by atoms with Gasteiger partial charge in [0.15, 0.2) is 0 Å². The largest absolute Gasteiger partial charge is 0.490 e. The molecule has 0 unspecified atom stereocenters. The van der Waals surface area contributed by atoms with E-state index in [0.717, 1.165) is 15.8 Å². The maximum absolute atomic E-state index is 5.59. The van der Waals surface area contributed by atoms with Crippen molar-refractivity contribution in [2.45, 2.75) is 6.54 Å². The molecule has 2 rings (SSSR count). The second kappa shape index (κ2) is 7.11. The van der Waals surface area contributed by atoms with E-state index in [1.807, 2.05) is 30.3 Å². The number of nitrogens with two attached hydrogens (primary N) is 1. The van der Waals surface area contributed by atoms with Crippen molar-refractivity contribution in [3.63, 3.8) is 0 Å². The summed E-state index contributed by atoms with van der Waals surface area (Å²) in [7, 11) is 0. The highest BCUT2D eigenvalue weighted by Crippen LogP contribution is 2.16. The van der Waals surface area contributed by atoms with Crippen LogP contribution in [0.2, 0.25) is 0 Å². The molecule has 0 aliphatic rings. The number of benzene rings is 1. The van der Waals surface area contributed by atoms with Crippen LogP contribution in [0.4, 0.5) is 0 Å². The van der Waals surface area contributed by atoms with E-state index in [1.54, 1.807) is 12.4 Å². The zero-order valence-corrected chi connectivity index (χ0v) is 12.0. The maximum Gasteiger partial charge on any atom is 0.138 e. The van der Waals surface area contributed by atoms with Crippen LogP contribution < -0.4 is 15.2 Å². The van der Waals surface area contributed by atoms with Gasteiger partial charge >= 0.3 is 0 Å². The summed E-state index contributed by atoms with van der Waals surface area (Å²) < 4.78 is 12.0. The Kier molecular flexibility index (Phi) is 5.18. The smallest absolute Gasteiger partial charge is 0.138 e. The summed E-state index contributed by atoms with van der Waals surface area (Å²) in [6.07, 6.45) is 3.38. The lowest BCUT2D eigenvalue weighted by atomic mass is 10.2. The van der Waals surface area contributed by atoms with Crippen LogP contribution in [0.3, 0.4) is 0 Å². The first-order valence-corrected chi connectivity index (χ1v) is 6.72. The summed E-state index contributed by atoms with van der Waals surface area (Å²) >= 11 is 3.34. The quantitative estimate of drug-likeness (QED) is 0.831. The molecule has 1 aromatic heterocycles. The number of pyridine rings is 1. The van der Waals surface area contributed by atoms with Crippen molar-refractivity contribution in [1.82, 2.24) is 4.98 Å². The molecule has 19 heavy (non-hydrogen) atoms. The van der Waals surface area contributed by atoms with Crippen LogP contribution in [0, 0.1) is 0 Å². The fourth-order valence-electron chi connectivity index (χ4n) is 1.55. The third-order valence-corrected chi connectivity index (χ3v) is 2.87. The van der Waals surface area contributed by atoms with Crippen LogP contribution in [-0.2, 0) is 6.54 Å². The molecule has 0 fully saturated rings. The Balaban J connectivity index is 1.77. The Morgan fingerprint density at radius 3 is 2.58 bits per heavy atom. The topological polar surface area (TPSA) is 57.4 Å². The second-order valence-electron chi connectivity index (χ2n) is 3.89. The van der Waals surface area contributed by atoms with Crippen LogP contribution in [0.25, 0.3) is 0 Å². The van der Waals surface area contributed by atoms with Gasteiger partial charge in [0.2, 0.25) is 0 Å².